The maximum Gasteiger partial charge on any atom is 0.274 e. The first kappa shape index (κ1) is 30.1. The van der Waals surface area contributed by atoms with Crippen molar-refractivity contribution in [3.63, 3.8) is 0 Å². The number of rotatable bonds is 6. The highest BCUT2D eigenvalue weighted by Gasteiger charge is 2.29. The maximum atomic E-state index is 14.7. The number of aromatic nitrogens is 3. The van der Waals surface area contributed by atoms with Gasteiger partial charge in [-0.25, -0.2) is 4.98 Å². The number of aryl methyl sites for hydroxylation is 1. The minimum Gasteiger partial charge on any atom is -0.366 e. The van der Waals surface area contributed by atoms with Crippen molar-refractivity contribution >= 4 is 34.2 Å². The summed E-state index contributed by atoms with van der Waals surface area (Å²) in [6.45, 7) is 15.9. The van der Waals surface area contributed by atoms with E-state index in [1.807, 2.05) is 43.3 Å². The number of fused-ring (bicyclic) bond motifs is 1. The molecule has 0 saturated carbocycles. The fourth-order valence-electron chi connectivity index (χ4n) is 5.86. The third-order valence-electron chi connectivity index (χ3n) is 8.08. The molecule has 0 bridgehead atoms. The Morgan fingerprint density at radius 2 is 1.77 bits per heavy atom. The van der Waals surface area contributed by atoms with E-state index in [2.05, 4.69) is 45.1 Å². The molecule has 5 rings (SSSR count). The fourth-order valence-corrected chi connectivity index (χ4v) is 6.11. The number of carbonyl (C=O) groups excluding carboxylic acids is 1. The van der Waals surface area contributed by atoms with Crippen LogP contribution in [0, 0.1) is 19.3 Å². The largest absolute Gasteiger partial charge is 0.366 e. The van der Waals surface area contributed by atoms with Crippen molar-refractivity contribution in [2.75, 3.05) is 31.1 Å². The van der Waals surface area contributed by atoms with Crippen LogP contribution in [0.25, 0.3) is 28.0 Å². The first-order valence-corrected chi connectivity index (χ1v) is 14.9. The smallest absolute Gasteiger partial charge is 0.274 e. The molecule has 7 nitrogen and oxygen atoms in total. The molecule has 1 fully saturated rings. The van der Waals surface area contributed by atoms with Crippen molar-refractivity contribution in [2.45, 2.75) is 46.5 Å². The molecule has 4 aromatic rings. The van der Waals surface area contributed by atoms with Gasteiger partial charge in [0.1, 0.15) is 11.2 Å². The maximum absolute atomic E-state index is 14.7. The van der Waals surface area contributed by atoms with E-state index in [1.165, 1.54) is 6.08 Å². The van der Waals surface area contributed by atoms with Crippen molar-refractivity contribution in [1.82, 2.24) is 19.4 Å². The lowest BCUT2D eigenvalue weighted by molar-refractivity contribution is -0.126. The van der Waals surface area contributed by atoms with Crippen LogP contribution in [0.5, 0.6) is 0 Å². The Balaban J connectivity index is 1.91. The zero-order valence-corrected chi connectivity index (χ0v) is 26.1. The van der Waals surface area contributed by atoms with Crippen LogP contribution in [0.1, 0.15) is 61.9 Å². The number of hydrogen-bond acceptors (Lipinski definition) is 5. The molecule has 0 N–H and O–H groups in total. The Morgan fingerprint density at radius 3 is 2.37 bits per heavy atom. The molecule has 4 heterocycles. The number of amides is 1. The van der Waals surface area contributed by atoms with Crippen LogP contribution < -0.4 is 10.5 Å². The van der Waals surface area contributed by atoms with E-state index in [4.69, 9.17) is 28.0 Å². The number of halogens is 1. The third-order valence-corrected chi connectivity index (χ3v) is 8.37. The summed E-state index contributed by atoms with van der Waals surface area (Å²) in [6, 6.07) is 11.7. The summed E-state index contributed by atoms with van der Waals surface area (Å²) in [7, 11) is 0. The van der Waals surface area contributed by atoms with Gasteiger partial charge in [-0.3, -0.25) is 19.1 Å². The van der Waals surface area contributed by atoms with E-state index in [0.717, 1.165) is 22.4 Å². The highest BCUT2D eigenvalue weighted by Crippen LogP contribution is 2.38. The molecule has 1 aliphatic heterocycles. The SMILES string of the molecule is C#Cc1c(N2CCN(C(=O)C=C)CC2)c2cc(Cl)c(-c3ccccc3C)nc2n(-c2c(C(C)C)ccnc2C(C)C)c1=O. The molecule has 1 amide bonds. The Labute approximate surface area is 257 Å². The molecular formula is C35H36ClN5O2. The van der Waals surface area contributed by atoms with Gasteiger partial charge in [-0.15, -0.1) is 6.42 Å². The number of terminal acetylenes is 1. The van der Waals surface area contributed by atoms with E-state index >= 15 is 0 Å². The normalized spacial score (nSPS) is 13.6. The van der Waals surface area contributed by atoms with Gasteiger partial charge < -0.3 is 9.80 Å². The fraction of sp³-hybridized carbons (Fsp3) is 0.314. The van der Waals surface area contributed by atoms with Gasteiger partial charge in [-0.05, 0) is 48.1 Å². The summed E-state index contributed by atoms with van der Waals surface area (Å²) in [5.74, 6) is 2.73. The topological polar surface area (TPSA) is 71.3 Å². The number of hydrogen-bond donors (Lipinski definition) is 0. The van der Waals surface area contributed by atoms with Gasteiger partial charge >= 0.3 is 0 Å². The molecule has 43 heavy (non-hydrogen) atoms. The van der Waals surface area contributed by atoms with Crippen LogP contribution in [0.4, 0.5) is 5.69 Å². The standard InChI is InChI=1S/C35H36ClN5O2/c1-8-24-32(40-18-16-39(17-19-40)29(42)9-2)27-20-28(36)31(26-13-11-10-12-23(26)7)38-34(27)41(35(24)43)33-25(21(3)4)14-15-37-30(33)22(5)6/h1,9-15,20-22H,2,16-19H2,3-7H3. The molecule has 0 spiro atoms. The molecule has 3 aromatic heterocycles. The molecule has 8 heteroatoms. The van der Waals surface area contributed by atoms with Crippen LogP contribution in [-0.2, 0) is 4.79 Å². The van der Waals surface area contributed by atoms with E-state index in [9.17, 15) is 9.59 Å². The van der Waals surface area contributed by atoms with Gasteiger partial charge in [0.15, 0.2) is 0 Å². The summed E-state index contributed by atoms with van der Waals surface area (Å²) in [6.07, 6.45) is 9.25. The second-order valence-electron chi connectivity index (χ2n) is 11.5. The summed E-state index contributed by atoms with van der Waals surface area (Å²) < 4.78 is 1.65. The minimum absolute atomic E-state index is 0.0308. The number of nitrogens with zero attached hydrogens (tertiary/aromatic N) is 5. The zero-order valence-electron chi connectivity index (χ0n) is 25.3. The number of anilines is 1. The molecule has 0 unspecified atom stereocenters. The number of piperazine rings is 1. The van der Waals surface area contributed by atoms with Crippen LogP contribution >= 0.6 is 11.6 Å². The Hall–Kier alpha value is -4.41. The van der Waals surface area contributed by atoms with Gasteiger partial charge in [0, 0.05) is 43.3 Å². The van der Waals surface area contributed by atoms with Crippen LogP contribution in [0.3, 0.4) is 0 Å². The van der Waals surface area contributed by atoms with Gasteiger partial charge in [0.25, 0.3) is 5.56 Å². The zero-order chi connectivity index (χ0) is 31.0. The van der Waals surface area contributed by atoms with Crippen molar-refractivity contribution in [2.24, 2.45) is 0 Å². The van der Waals surface area contributed by atoms with Crippen LogP contribution in [0.2, 0.25) is 5.02 Å². The summed E-state index contributed by atoms with van der Waals surface area (Å²) in [4.78, 5) is 40.7. The Bertz CT molecular complexity index is 1820. The molecule has 1 aliphatic rings. The van der Waals surface area contributed by atoms with Gasteiger partial charge in [-0.1, -0.05) is 76.1 Å². The second-order valence-corrected chi connectivity index (χ2v) is 11.9. The van der Waals surface area contributed by atoms with E-state index in [1.54, 1.807) is 15.7 Å². The minimum atomic E-state index is -0.336. The molecule has 1 saturated heterocycles. The van der Waals surface area contributed by atoms with Crippen LogP contribution in [-0.4, -0.2) is 51.5 Å². The predicted molar refractivity (Wildman–Crippen MR) is 175 cm³/mol. The number of benzene rings is 1. The Morgan fingerprint density at radius 1 is 1.07 bits per heavy atom. The highest BCUT2D eigenvalue weighted by atomic mass is 35.5. The van der Waals surface area contributed by atoms with Crippen molar-refractivity contribution in [3.05, 3.63) is 93.0 Å². The van der Waals surface area contributed by atoms with E-state index in [-0.39, 0.29) is 28.9 Å². The molecular weight excluding hydrogens is 558 g/mol. The van der Waals surface area contributed by atoms with Gasteiger partial charge in [-0.2, -0.15) is 0 Å². The number of carbonyl (C=O) groups is 1. The van der Waals surface area contributed by atoms with Crippen molar-refractivity contribution in [1.29, 1.82) is 0 Å². The predicted octanol–water partition coefficient (Wildman–Crippen LogP) is 6.47. The first-order valence-electron chi connectivity index (χ1n) is 14.6. The average Bonchev–Trinajstić information content (AvgIpc) is 3.00. The molecule has 0 atom stereocenters. The summed E-state index contributed by atoms with van der Waals surface area (Å²) in [5, 5.41) is 1.13. The summed E-state index contributed by atoms with van der Waals surface area (Å²) in [5.41, 5.74) is 5.91. The molecule has 0 radical (unpaired) electrons. The summed E-state index contributed by atoms with van der Waals surface area (Å²) >= 11 is 7.00. The van der Waals surface area contributed by atoms with Crippen molar-refractivity contribution < 1.29 is 4.79 Å². The molecule has 220 valence electrons. The molecule has 0 aliphatic carbocycles. The molecule has 1 aromatic carbocycles. The van der Waals surface area contributed by atoms with Gasteiger partial charge in [0.2, 0.25) is 5.91 Å². The van der Waals surface area contributed by atoms with Gasteiger partial charge in [0.05, 0.1) is 27.8 Å². The quantitative estimate of drug-likeness (QED) is 0.189. The van der Waals surface area contributed by atoms with Crippen LogP contribution in [0.15, 0.2) is 60.0 Å². The lowest BCUT2D eigenvalue weighted by atomic mass is 9.96. The number of pyridine rings is 3. The Kier molecular flexibility index (Phi) is 8.43. The first-order chi connectivity index (χ1) is 20.6. The highest BCUT2D eigenvalue weighted by molar-refractivity contribution is 6.34. The third kappa shape index (κ3) is 5.32. The lowest BCUT2D eigenvalue weighted by Crippen LogP contribution is -2.49. The monoisotopic (exact) mass is 593 g/mol. The van der Waals surface area contributed by atoms with Crippen molar-refractivity contribution in [3.8, 4) is 29.3 Å². The second kappa shape index (κ2) is 12.1. The average molecular weight is 594 g/mol. The van der Waals surface area contributed by atoms with E-state index in [0.29, 0.717) is 59.3 Å². The van der Waals surface area contributed by atoms with E-state index < -0.39 is 0 Å². The lowest BCUT2D eigenvalue weighted by Gasteiger charge is -2.37.